The first-order chi connectivity index (χ1) is 13.6. The van der Waals surface area contributed by atoms with Crippen molar-refractivity contribution in [3.8, 4) is 0 Å². The van der Waals surface area contributed by atoms with Gasteiger partial charge in [-0.2, -0.15) is 0 Å². The number of nitrogens with zero attached hydrogens (tertiary/aromatic N) is 5. The molecule has 1 unspecified atom stereocenters. The van der Waals surface area contributed by atoms with E-state index in [1.807, 2.05) is 30.4 Å². The fourth-order valence-electron chi connectivity index (χ4n) is 3.17. The molecule has 9 heteroatoms. The number of rotatable bonds is 7. The van der Waals surface area contributed by atoms with E-state index in [-0.39, 0.29) is 11.9 Å². The van der Waals surface area contributed by atoms with Crippen LogP contribution in [0.3, 0.4) is 0 Å². The molecular formula is C19H29N7OS. The molecule has 3 heterocycles. The van der Waals surface area contributed by atoms with Crippen LogP contribution in [0.25, 0.3) is 0 Å². The number of aliphatic imine (C=N–C) groups is 1. The predicted molar refractivity (Wildman–Crippen MR) is 111 cm³/mol. The van der Waals surface area contributed by atoms with E-state index in [0.29, 0.717) is 13.0 Å². The number of nitrogens with one attached hydrogen (secondary N) is 2. The van der Waals surface area contributed by atoms with Gasteiger partial charge in [-0.05, 0) is 31.2 Å². The molecule has 8 nitrogen and oxygen atoms in total. The molecule has 1 aliphatic heterocycles. The van der Waals surface area contributed by atoms with Crippen LogP contribution in [-0.2, 0) is 24.8 Å². The fourth-order valence-corrected chi connectivity index (χ4v) is 3.88. The van der Waals surface area contributed by atoms with Crippen molar-refractivity contribution in [2.24, 2.45) is 12.0 Å². The first-order valence-corrected chi connectivity index (χ1v) is 10.6. The van der Waals surface area contributed by atoms with Crippen LogP contribution >= 0.6 is 11.3 Å². The highest BCUT2D eigenvalue weighted by molar-refractivity contribution is 7.09. The van der Waals surface area contributed by atoms with E-state index in [1.165, 1.54) is 4.88 Å². The van der Waals surface area contributed by atoms with Gasteiger partial charge in [-0.1, -0.05) is 13.0 Å². The zero-order valence-electron chi connectivity index (χ0n) is 16.8. The van der Waals surface area contributed by atoms with Crippen molar-refractivity contribution in [3.63, 3.8) is 0 Å². The zero-order chi connectivity index (χ0) is 19.9. The van der Waals surface area contributed by atoms with Gasteiger partial charge in [0.2, 0.25) is 5.91 Å². The first kappa shape index (κ1) is 20.3. The minimum atomic E-state index is 0.211. The summed E-state index contributed by atoms with van der Waals surface area (Å²) < 4.78 is 1.95. The Kier molecular flexibility index (Phi) is 7.02. The van der Waals surface area contributed by atoms with Crippen molar-refractivity contribution >= 4 is 23.2 Å². The lowest BCUT2D eigenvalue weighted by Crippen LogP contribution is -2.45. The summed E-state index contributed by atoms with van der Waals surface area (Å²) >= 11 is 1.76. The third kappa shape index (κ3) is 5.31. The molecule has 3 rings (SSSR count). The van der Waals surface area contributed by atoms with Crippen LogP contribution in [0.4, 0.5) is 0 Å². The average Bonchev–Trinajstić information content (AvgIpc) is 3.43. The van der Waals surface area contributed by atoms with Gasteiger partial charge < -0.3 is 20.1 Å². The van der Waals surface area contributed by atoms with Crippen LogP contribution in [0, 0.1) is 6.92 Å². The number of aryl methyl sites for hydroxylation is 1. The topological polar surface area (TPSA) is 87.4 Å². The van der Waals surface area contributed by atoms with Crippen molar-refractivity contribution in [2.75, 3.05) is 19.6 Å². The van der Waals surface area contributed by atoms with Crippen LogP contribution in [-0.4, -0.2) is 57.2 Å². The number of guanidine groups is 1. The lowest BCUT2D eigenvalue weighted by atomic mass is 10.3. The summed E-state index contributed by atoms with van der Waals surface area (Å²) in [5.74, 6) is 2.66. The van der Waals surface area contributed by atoms with E-state index < -0.39 is 0 Å². The standard InChI is InChI=1S/C19H29N7OS/c1-4-18(27)26-10-8-15(13-26)22-19(20-9-7-16-6-5-11-28-16)21-12-17-24-23-14(2)25(17)3/h5-6,11,15H,4,7-10,12-13H2,1-3H3,(H2,20,21,22). The Morgan fingerprint density at radius 1 is 1.43 bits per heavy atom. The number of likely N-dealkylation sites (tertiary alicyclic amines) is 1. The number of hydrogen-bond acceptors (Lipinski definition) is 5. The molecule has 1 saturated heterocycles. The Morgan fingerprint density at radius 3 is 2.96 bits per heavy atom. The first-order valence-electron chi connectivity index (χ1n) is 9.76. The van der Waals surface area contributed by atoms with Gasteiger partial charge in [0.25, 0.3) is 0 Å². The largest absolute Gasteiger partial charge is 0.356 e. The highest BCUT2D eigenvalue weighted by Gasteiger charge is 2.25. The lowest BCUT2D eigenvalue weighted by Gasteiger charge is -2.19. The molecule has 2 aromatic rings. The van der Waals surface area contributed by atoms with Crippen molar-refractivity contribution in [3.05, 3.63) is 34.0 Å². The van der Waals surface area contributed by atoms with E-state index >= 15 is 0 Å². The van der Waals surface area contributed by atoms with Gasteiger partial charge >= 0.3 is 0 Å². The molecule has 0 aromatic carbocycles. The maximum Gasteiger partial charge on any atom is 0.222 e. The molecule has 2 aromatic heterocycles. The monoisotopic (exact) mass is 403 g/mol. The summed E-state index contributed by atoms with van der Waals surface area (Å²) in [6.45, 7) is 6.61. The molecule has 1 amide bonds. The third-order valence-electron chi connectivity index (χ3n) is 4.99. The molecule has 28 heavy (non-hydrogen) atoms. The van der Waals surface area contributed by atoms with Crippen LogP contribution in [0.5, 0.6) is 0 Å². The van der Waals surface area contributed by atoms with Gasteiger partial charge in [-0.25, -0.2) is 4.99 Å². The summed E-state index contributed by atoms with van der Waals surface area (Å²) in [6, 6.07) is 4.43. The van der Waals surface area contributed by atoms with E-state index in [4.69, 9.17) is 4.99 Å². The summed E-state index contributed by atoms with van der Waals surface area (Å²) in [5, 5.41) is 17.3. The van der Waals surface area contributed by atoms with Crippen LogP contribution < -0.4 is 10.6 Å². The molecule has 0 radical (unpaired) electrons. The minimum Gasteiger partial charge on any atom is -0.356 e. The molecule has 0 bridgehead atoms. The van der Waals surface area contributed by atoms with E-state index in [9.17, 15) is 4.79 Å². The normalized spacial score (nSPS) is 17.2. The number of hydrogen-bond donors (Lipinski definition) is 2. The van der Waals surface area contributed by atoms with Gasteiger partial charge in [0.1, 0.15) is 12.4 Å². The third-order valence-corrected chi connectivity index (χ3v) is 5.93. The molecular weight excluding hydrogens is 374 g/mol. The van der Waals surface area contributed by atoms with Crippen molar-refractivity contribution < 1.29 is 4.79 Å². The van der Waals surface area contributed by atoms with Gasteiger partial charge in [0, 0.05) is 44.0 Å². The second kappa shape index (κ2) is 9.68. The number of amides is 1. The Hall–Kier alpha value is -2.42. The highest BCUT2D eigenvalue weighted by atomic mass is 32.1. The van der Waals surface area contributed by atoms with Crippen molar-refractivity contribution in [1.29, 1.82) is 0 Å². The Bertz CT molecular complexity index is 799. The van der Waals surface area contributed by atoms with Gasteiger partial charge in [0.05, 0.1) is 0 Å². The molecule has 2 N–H and O–H groups in total. The maximum absolute atomic E-state index is 11.9. The van der Waals surface area contributed by atoms with E-state index in [2.05, 4.69) is 38.3 Å². The van der Waals surface area contributed by atoms with Gasteiger partial charge in [-0.15, -0.1) is 21.5 Å². The number of carbonyl (C=O) groups is 1. The number of thiophene rings is 1. The number of aromatic nitrogens is 3. The Labute approximate surface area is 170 Å². The van der Waals surface area contributed by atoms with Gasteiger partial charge in [0.15, 0.2) is 11.8 Å². The molecule has 1 atom stereocenters. The molecule has 0 aliphatic carbocycles. The molecule has 1 aliphatic rings. The second-order valence-corrected chi connectivity index (χ2v) is 8.00. The van der Waals surface area contributed by atoms with E-state index in [1.54, 1.807) is 11.3 Å². The minimum absolute atomic E-state index is 0.211. The maximum atomic E-state index is 11.9. The van der Waals surface area contributed by atoms with Crippen molar-refractivity contribution in [1.82, 2.24) is 30.3 Å². The second-order valence-electron chi connectivity index (χ2n) is 6.97. The van der Waals surface area contributed by atoms with E-state index in [0.717, 1.165) is 50.1 Å². The van der Waals surface area contributed by atoms with Crippen LogP contribution in [0.2, 0.25) is 0 Å². The number of carbonyl (C=O) groups excluding carboxylic acids is 1. The molecule has 0 saturated carbocycles. The summed E-state index contributed by atoms with van der Waals surface area (Å²) in [7, 11) is 1.95. The molecule has 152 valence electrons. The smallest absolute Gasteiger partial charge is 0.222 e. The summed E-state index contributed by atoms with van der Waals surface area (Å²) in [5.41, 5.74) is 0. The average molecular weight is 404 g/mol. The van der Waals surface area contributed by atoms with Crippen LogP contribution in [0.15, 0.2) is 22.5 Å². The molecule has 0 spiro atoms. The quantitative estimate of drug-likeness (QED) is 0.540. The van der Waals surface area contributed by atoms with Crippen molar-refractivity contribution in [2.45, 2.75) is 45.7 Å². The summed E-state index contributed by atoms with van der Waals surface area (Å²) in [4.78, 5) is 19.9. The SMILES string of the molecule is CCC(=O)N1CCC(NC(=NCc2nnc(C)n2C)NCCc2cccs2)C1. The van der Waals surface area contributed by atoms with Crippen LogP contribution in [0.1, 0.15) is 36.3 Å². The molecule has 1 fully saturated rings. The zero-order valence-corrected chi connectivity index (χ0v) is 17.6. The lowest BCUT2D eigenvalue weighted by molar-refractivity contribution is -0.129. The highest BCUT2D eigenvalue weighted by Crippen LogP contribution is 2.11. The fraction of sp³-hybridized carbons (Fsp3) is 0.579. The Morgan fingerprint density at radius 2 is 2.29 bits per heavy atom. The predicted octanol–water partition coefficient (Wildman–Crippen LogP) is 1.47. The van der Waals surface area contributed by atoms with Gasteiger partial charge in [-0.3, -0.25) is 4.79 Å². The summed E-state index contributed by atoms with van der Waals surface area (Å²) in [6.07, 6.45) is 2.44. The Balaban J connectivity index is 1.61.